The molecule has 10 heavy (non-hydrogen) atoms. The van der Waals surface area contributed by atoms with Gasteiger partial charge < -0.3 is 9.47 Å². The summed E-state index contributed by atoms with van der Waals surface area (Å²) in [6.07, 6.45) is 0. The number of hydrogen-bond acceptors (Lipinski definition) is 4. The van der Waals surface area contributed by atoms with Crippen molar-refractivity contribution >= 4 is 34.1 Å². The predicted octanol–water partition coefficient (Wildman–Crippen LogP) is 1.76. The molecule has 5 heteroatoms. The first-order chi connectivity index (χ1) is 4.79. The van der Waals surface area contributed by atoms with E-state index in [9.17, 15) is 0 Å². The van der Waals surface area contributed by atoms with Crippen molar-refractivity contribution in [1.29, 1.82) is 0 Å². The molecule has 1 aromatic rings. The van der Waals surface area contributed by atoms with Crippen molar-refractivity contribution in [3.8, 4) is 10.9 Å². The van der Waals surface area contributed by atoms with E-state index in [1.54, 1.807) is 14.2 Å². The van der Waals surface area contributed by atoms with Crippen molar-refractivity contribution < 1.29 is 9.47 Å². The lowest BCUT2D eigenvalue weighted by atomic mass is 10.7. The molecule has 0 aliphatic rings. The number of hydrogen-bond donors (Lipinski definition) is 0. The lowest BCUT2D eigenvalue weighted by molar-refractivity contribution is 0.391. The van der Waals surface area contributed by atoms with Gasteiger partial charge in [-0.1, -0.05) is 0 Å². The first-order valence-corrected chi connectivity index (χ1v) is 4.38. The number of nitrogens with zero attached hydrogens (tertiary/aromatic N) is 1. The van der Waals surface area contributed by atoms with Gasteiger partial charge >= 0.3 is 0 Å². The Kier molecular flexibility index (Phi) is 2.72. The van der Waals surface area contributed by atoms with E-state index < -0.39 is 0 Å². The van der Waals surface area contributed by atoms with Gasteiger partial charge in [-0.3, -0.25) is 0 Å². The van der Waals surface area contributed by atoms with Crippen molar-refractivity contribution in [2.24, 2.45) is 0 Å². The number of rotatable bonds is 2. The molecule has 0 amide bonds. The van der Waals surface area contributed by atoms with E-state index in [1.165, 1.54) is 11.5 Å². The summed E-state index contributed by atoms with van der Waals surface area (Å²) >= 11 is 3.43. The molecule has 0 N–H and O–H groups in total. The van der Waals surface area contributed by atoms with Crippen LogP contribution in [0.25, 0.3) is 0 Å². The topological polar surface area (TPSA) is 31.4 Å². The average Bonchev–Trinajstić information content (AvgIpc) is 2.30. The fourth-order valence-corrected chi connectivity index (χ4v) is 2.10. The Morgan fingerprint density at radius 2 is 2.10 bits per heavy atom. The molecule has 56 valence electrons. The van der Waals surface area contributed by atoms with E-state index in [0.717, 1.165) is 8.63 Å². The first kappa shape index (κ1) is 8.06. The summed E-state index contributed by atoms with van der Waals surface area (Å²) in [6, 6.07) is 0. The summed E-state index contributed by atoms with van der Waals surface area (Å²) in [5.41, 5.74) is 0. The second kappa shape index (κ2) is 3.38. The Hall–Kier alpha value is -0.0400. The van der Waals surface area contributed by atoms with Gasteiger partial charge in [0.15, 0.2) is 0 Å². The van der Waals surface area contributed by atoms with E-state index >= 15 is 0 Å². The van der Waals surface area contributed by atoms with Crippen LogP contribution in [0, 0.1) is 3.57 Å². The number of methoxy groups -OCH3 is 2. The van der Waals surface area contributed by atoms with Crippen LogP contribution in [0.3, 0.4) is 0 Å². The molecule has 0 unspecified atom stereocenters. The van der Waals surface area contributed by atoms with E-state index in [0.29, 0.717) is 5.88 Å². The van der Waals surface area contributed by atoms with Crippen molar-refractivity contribution in [3.63, 3.8) is 0 Å². The molecule has 0 aliphatic carbocycles. The molecule has 0 radical (unpaired) electrons. The molecule has 0 saturated heterocycles. The van der Waals surface area contributed by atoms with Crippen LogP contribution in [0.2, 0.25) is 0 Å². The summed E-state index contributed by atoms with van der Waals surface area (Å²) in [6.45, 7) is 0. The van der Waals surface area contributed by atoms with Crippen LogP contribution in [-0.4, -0.2) is 18.6 Å². The monoisotopic (exact) mass is 271 g/mol. The van der Waals surface area contributed by atoms with Gasteiger partial charge in [0.1, 0.15) is 3.57 Å². The number of ether oxygens (including phenoxy) is 2. The van der Waals surface area contributed by atoms with E-state index in [2.05, 4.69) is 27.0 Å². The summed E-state index contributed by atoms with van der Waals surface area (Å²) in [4.78, 5) is 0. The van der Waals surface area contributed by atoms with Crippen LogP contribution < -0.4 is 9.47 Å². The maximum atomic E-state index is 5.00. The summed E-state index contributed by atoms with van der Waals surface area (Å²) < 4.78 is 14.9. The summed E-state index contributed by atoms with van der Waals surface area (Å²) in [5.74, 6) is 0.641. The van der Waals surface area contributed by atoms with Crippen LogP contribution >= 0.6 is 34.1 Å². The molecule has 0 fully saturated rings. The molecule has 1 rings (SSSR count). The zero-order valence-electron chi connectivity index (χ0n) is 5.55. The Bertz CT molecular complexity index is 204. The second-order valence-electron chi connectivity index (χ2n) is 1.50. The quantitative estimate of drug-likeness (QED) is 0.768. The minimum atomic E-state index is 0.641. The highest BCUT2D eigenvalue weighted by molar-refractivity contribution is 14.1. The lowest BCUT2D eigenvalue weighted by Crippen LogP contribution is -1.85. The van der Waals surface area contributed by atoms with Crippen molar-refractivity contribution in [2.75, 3.05) is 14.2 Å². The van der Waals surface area contributed by atoms with Gasteiger partial charge in [-0.15, -0.1) is 0 Å². The molecular weight excluding hydrogens is 265 g/mol. The highest BCUT2D eigenvalue weighted by Crippen LogP contribution is 2.32. The molecule has 0 spiro atoms. The Labute approximate surface area is 76.7 Å². The Balaban J connectivity index is 2.97. The van der Waals surface area contributed by atoms with Gasteiger partial charge in [0, 0.05) is 11.5 Å². The average molecular weight is 271 g/mol. The highest BCUT2D eigenvalue weighted by atomic mass is 127. The van der Waals surface area contributed by atoms with E-state index in [4.69, 9.17) is 9.47 Å². The minimum Gasteiger partial charge on any atom is -0.485 e. The van der Waals surface area contributed by atoms with Crippen LogP contribution in [0.4, 0.5) is 0 Å². The molecule has 0 bridgehead atoms. The Morgan fingerprint density at radius 1 is 1.40 bits per heavy atom. The van der Waals surface area contributed by atoms with Crippen LogP contribution in [-0.2, 0) is 0 Å². The molecule has 3 nitrogen and oxygen atoms in total. The normalized spacial score (nSPS) is 9.50. The molecular formula is C5H6INO2S. The number of halogens is 1. The van der Waals surface area contributed by atoms with Crippen LogP contribution in [0.1, 0.15) is 0 Å². The van der Waals surface area contributed by atoms with Crippen molar-refractivity contribution in [3.05, 3.63) is 3.57 Å². The third kappa shape index (κ3) is 1.34. The predicted molar refractivity (Wildman–Crippen MR) is 47.9 cm³/mol. The SMILES string of the molecule is COc1nsc(OC)c1I. The lowest BCUT2D eigenvalue weighted by Gasteiger charge is -1.93. The molecule has 1 aromatic heterocycles. The maximum Gasteiger partial charge on any atom is 0.242 e. The van der Waals surface area contributed by atoms with Gasteiger partial charge in [-0.05, 0) is 22.6 Å². The highest BCUT2D eigenvalue weighted by Gasteiger charge is 2.10. The van der Waals surface area contributed by atoms with Gasteiger partial charge in [0.2, 0.25) is 10.9 Å². The fourth-order valence-electron chi connectivity index (χ4n) is 0.504. The molecule has 0 aliphatic heterocycles. The van der Waals surface area contributed by atoms with Gasteiger partial charge in [0.25, 0.3) is 0 Å². The standard InChI is InChI=1S/C5H6INO2S/c1-8-4-3(6)5(9-2)10-7-4/h1-2H3. The zero-order chi connectivity index (χ0) is 7.56. The largest absolute Gasteiger partial charge is 0.485 e. The first-order valence-electron chi connectivity index (χ1n) is 2.52. The second-order valence-corrected chi connectivity index (χ2v) is 3.31. The van der Waals surface area contributed by atoms with Crippen LogP contribution in [0.15, 0.2) is 0 Å². The summed E-state index contributed by atoms with van der Waals surface area (Å²) in [5, 5.41) is 0.803. The van der Waals surface area contributed by atoms with Gasteiger partial charge in [-0.2, -0.15) is 4.37 Å². The van der Waals surface area contributed by atoms with E-state index in [1.807, 2.05) is 0 Å². The minimum absolute atomic E-state index is 0.641. The van der Waals surface area contributed by atoms with Crippen molar-refractivity contribution in [2.45, 2.75) is 0 Å². The molecule has 0 saturated carbocycles. The summed E-state index contributed by atoms with van der Waals surface area (Å²) in [7, 11) is 3.21. The molecule has 0 aromatic carbocycles. The third-order valence-corrected chi connectivity index (χ3v) is 3.07. The van der Waals surface area contributed by atoms with Crippen molar-refractivity contribution in [1.82, 2.24) is 4.37 Å². The van der Waals surface area contributed by atoms with E-state index in [-0.39, 0.29) is 0 Å². The van der Waals surface area contributed by atoms with Gasteiger partial charge in [-0.25, -0.2) is 0 Å². The zero-order valence-corrected chi connectivity index (χ0v) is 8.52. The third-order valence-electron chi connectivity index (χ3n) is 0.957. The maximum absolute atomic E-state index is 5.00. The molecule has 0 atom stereocenters. The fraction of sp³-hybridized carbons (Fsp3) is 0.400. The van der Waals surface area contributed by atoms with Gasteiger partial charge in [0.05, 0.1) is 14.2 Å². The Morgan fingerprint density at radius 3 is 2.40 bits per heavy atom. The molecule has 1 heterocycles. The van der Waals surface area contributed by atoms with Crippen LogP contribution in [0.5, 0.6) is 10.9 Å². The smallest absolute Gasteiger partial charge is 0.242 e. The number of aromatic nitrogens is 1.